The molecule has 0 radical (unpaired) electrons. The Morgan fingerprint density at radius 1 is 0.806 bits per heavy atom. The molecule has 188 valence electrons. The van der Waals surface area contributed by atoms with E-state index < -0.39 is 0 Å². The van der Waals surface area contributed by atoms with Crippen LogP contribution >= 0.6 is 11.6 Å². The van der Waals surface area contributed by atoms with Gasteiger partial charge < -0.3 is 4.57 Å². The van der Waals surface area contributed by atoms with Crippen molar-refractivity contribution in [2.24, 2.45) is 0 Å². The number of halogens is 2. The molecule has 0 fully saturated rings. The van der Waals surface area contributed by atoms with Crippen molar-refractivity contribution in [2.45, 2.75) is 59.2 Å². The average molecular weight is 504 g/mol. The maximum absolute atomic E-state index is 14.6. The van der Waals surface area contributed by atoms with Gasteiger partial charge in [-0.1, -0.05) is 99.0 Å². The van der Waals surface area contributed by atoms with Crippen LogP contribution in [0.15, 0.2) is 78.9 Å². The molecule has 3 nitrogen and oxygen atoms in total. The molecular formula is C31H35ClFN3. The van der Waals surface area contributed by atoms with Crippen LogP contribution in [0.1, 0.15) is 50.8 Å². The molecule has 0 unspecified atom stereocenters. The lowest BCUT2D eigenvalue weighted by Crippen LogP contribution is -2.26. The number of benzene rings is 3. The van der Waals surface area contributed by atoms with Crippen molar-refractivity contribution in [1.29, 1.82) is 0 Å². The van der Waals surface area contributed by atoms with Crippen molar-refractivity contribution in [3.05, 3.63) is 101 Å². The Hall–Kier alpha value is -2.95. The summed E-state index contributed by atoms with van der Waals surface area (Å²) in [4.78, 5) is 7.57. The molecular weight excluding hydrogens is 469 g/mol. The third-order valence-corrected chi connectivity index (χ3v) is 6.76. The van der Waals surface area contributed by atoms with Crippen LogP contribution in [0.3, 0.4) is 0 Å². The van der Waals surface area contributed by atoms with Crippen LogP contribution in [-0.2, 0) is 19.6 Å². The van der Waals surface area contributed by atoms with Gasteiger partial charge in [0, 0.05) is 41.3 Å². The first-order valence-electron chi connectivity index (χ1n) is 13.0. The van der Waals surface area contributed by atoms with E-state index in [1.54, 1.807) is 12.1 Å². The monoisotopic (exact) mass is 503 g/mol. The molecule has 0 N–H and O–H groups in total. The zero-order valence-corrected chi connectivity index (χ0v) is 22.0. The largest absolute Gasteiger partial charge is 0.326 e. The van der Waals surface area contributed by atoms with E-state index in [2.05, 4.69) is 47.6 Å². The molecule has 0 saturated heterocycles. The molecule has 0 aliphatic carbocycles. The standard InChI is InChI=1S/C31H35ClFN3/c1-3-5-20-35(22-26-14-10-11-15-28(26)33)23-29-30(24-16-18-27(32)19-17-24)34-31(36(29)21-6-4-2)25-12-8-7-9-13-25/h7-19H,3-6,20-23H2,1-2H3. The molecule has 0 aliphatic rings. The van der Waals surface area contributed by atoms with Crippen LogP contribution in [0.5, 0.6) is 0 Å². The molecule has 0 amide bonds. The van der Waals surface area contributed by atoms with Crippen molar-refractivity contribution in [3.8, 4) is 22.6 Å². The van der Waals surface area contributed by atoms with E-state index in [4.69, 9.17) is 16.6 Å². The summed E-state index contributed by atoms with van der Waals surface area (Å²) in [5.74, 6) is 0.826. The lowest BCUT2D eigenvalue weighted by Gasteiger charge is -2.24. The Balaban J connectivity index is 1.82. The van der Waals surface area contributed by atoms with Crippen LogP contribution in [0.2, 0.25) is 5.02 Å². The molecule has 1 aromatic heterocycles. The lowest BCUT2D eigenvalue weighted by molar-refractivity contribution is 0.243. The smallest absolute Gasteiger partial charge is 0.140 e. The zero-order chi connectivity index (χ0) is 25.3. The third kappa shape index (κ3) is 6.43. The molecule has 4 rings (SSSR count). The van der Waals surface area contributed by atoms with Crippen LogP contribution in [0, 0.1) is 5.82 Å². The second kappa shape index (κ2) is 12.8. The molecule has 0 aliphatic heterocycles. The van der Waals surface area contributed by atoms with Crippen LogP contribution in [0.4, 0.5) is 4.39 Å². The van der Waals surface area contributed by atoms with Crippen LogP contribution in [-0.4, -0.2) is 21.0 Å². The Morgan fingerprint density at radius 3 is 2.19 bits per heavy atom. The predicted molar refractivity (Wildman–Crippen MR) is 148 cm³/mol. The second-order valence-electron chi connectivity index (χ2n) is 9.26. The van der Waals surface area contributed by atoms with Gasteiger partial charge in [0.05, 0.1) is 11.4 Å². The number of unbranched alkanes of at least 4 members (excludes halogenated alkanes) is 2. The first-order valence-corrected chi connectivity index (χ1v) is 13.3. The fourth-order valence-corrected chi connectivity index (χ4v) is 4.65. The van der Waals surface area contributed by atoms with Gasteiger partial charge in [-0.2, -0.15) is 0 Å². The number of imidazole rings is 1. The van der Waals surface area contributed by atoms with Gasteiger partial charge in [0.1, 0.15) is 11.6 Å². The van der Waals surface area contributed by atoms with Crippen molar-refractivity contribution >= 4 is 11.6 Å². The van der Waals surface area contributed by atoms with Gasteiger partial charge in [-0.25, -0.2) is 9.37 Å². The fraction of sp³-hybridized carbons (Fsp3) is 0.323. The van der Waals surface area contributed by atoms with Gasteiger partial charge in [-0.3, -0.25) is 4.90 Å². The molecule has 36 heavy (non-hydrogen) atoms. The highest BCUT2D eigenvalue weighted by atomic mass is 35.5. The predicted octanol–water partition coefficient (Wildman–Crippen LogP) is 8.61. The van der Waals surface area contributed by atoms with E-state index in [1.165, 1.54) is 0 Å². The summed E-state index contributed by atoms with van der Waals surface area (Å²) in [5.41, 5.74) is 5.01. The molecule has 4 aromatic rings. The van der Waals surface area contributed by atoms with Gasteiger partial charge in [0.2, 0.25) is 0 Å². The first-order chi connectivity index (χ1) is 17.6. The third-order valence-electron chi connectivity index (χ3n) is 6.51. The van der Waals surface area contributed by atoms with Crippen molar-refractivity contribution in [2.75, 3.05) is 6.54 Å². The summed E-state index contributed by atoms with van der Waals surface area (Å²) < 4.78 is 17.0. The van der Waals surface area contributed by atoms with E-state index in [9.17, 15) is 4.39 Å². The summed E-state index contributed by atoms with van der Waals surface area (Å²) in [7, 11) is 0. The van der Waals surface area contributed by atoms with Gasteiger partial charge in [-0.15, -0.1) is 0 Å². The number of rotatable bonds is 12. The Kier molecular flexibility index (Phi) is 9.32. The number of hydrogen-bond donors (Lipinski definition) is 0. The maximum Gasteiger partial charge on any atom is 0.140 e. The van der Waals surface area contributed by atoms with Crippen molar-refractivity contribution in [1.82, 2.24) is 14.5 Å². The highest BCUT2D eigenvalue weighted by Crippen LogP contribution is 2.32. The minimum Gasteiger partial charge on any atom is -0.326 e. The summed E-state index contributed by atoms with van der Waals surface area (Å²) in [6.45, 7) is 7.44. The molecule has 0 bridgehead atoms. The quantitative estimate of drug-likeness (QED) is 0.193. The number of nitrogens with zero attached hydrogens (tertiary/aromatic N) is 3. The molecule has 1 heterocycles. The number of aromatic nitrogens is 2. The lowest BCUT2D eigenvalue weighted by atomic mass is 10.1. The van der Waals surface area contributed by atoms with E-state index >= 15 is 0 Å². The van der Waals surface area contributed by atoms with Gasteiger partial charge in [-0.05, 0) is 37.6 Å². The van der Waals surface area contributed by atoms with E-state index in [-0.39, 0.29) is 5.82 Å². The highest BCUT2D eigenvalue weighted by molar-refractivity contribution is 6.30. The Bertz CT molecular complexity index is 1230. The zero-order valence-electron chi connectivity index (χ0n) is 21.3. The summed E-state index contributed by atoms with van der Waals surface area (Å²) in [6, 6.07) is 25.4. The topological polar surface area (TPSA) is 21.1 Å². The average Bonchev–Trinajstić information content (AvgIpc) is 3.26. The minimum atomic E-state index is -0.151. The van der Waals surface area contributed by atoms with Gasteiger partial charge in [0.15, 0.2) is 0 Å². The molecule has 3 aromatic carbocycles. The molecule has 0 atom stereocenters. The fourth-order valence-electron chi connectivity index (χ4n) is 4.53. The minimum absolute atomic E-state index is 0.151. The first kappa shape index (κ1) is 26.1. The van der Waals surface area contributed by atoms with Crippen LogP contribution in [0.25, 0.3) is 22.6 Å². The molecule has 0 saturated carbocycles. The highest BCUT2D eigenvalue weighted by Gasteiger charge is 2.22. The Morgan fingerprint density at radius 2 is 1.50 bits per heavy atom. The Labute approximate surface area is 219 Å². The van der Waals surface area contributed by atoms with Crippen molar-refractivity contribution in [3.63, 3.8) is 0 Å². The van der Waals surface area contributed by atoms with Gasteiger partial charge >= 0.3 is 0 Å². The second-order valence-corrected chi connectivity index (χ2v) is 9.70. The summed E-state index contributed by atoms with van der Waals surface area (Å²) in [5, 5.41) is 0.707. The SMILES string of the molecule is CCCCN(Cc1ccccc1F)Cc1c(-c2ccc(Cl)cc2)nc(-c2ccccc2)n1CCCC. The van der Waals surface area contributed by atoms with E-state index in [0.717, 1.165) is 72.7 Å². The molecule has 5 heteroatoms. The summed E-state index contributed by atoms with van der Waals surface area (Å²) in [6.07, 6.45) is 4.30. The number of hydrogen-bond acceptors (Lipinski definition) is 2. The normalized spacial score (nSPS) is 11.4. The molecule has 0 spiro atoms. The van der Waals surface area contributed by atoms with Crippen LogP contribution < -0.4 is 0 Å². The maximum atomic E-state index is 14.6. The van der Waals surface area contributed by atoms with E-state index in [1.807, 2.05) is 42.5 Å². The summed E-state index contributed by atoms with van der Waals surface area (Å²) >= 11 is 6.22. The van der Waals surface area contributed by atoms with Gasteiger partial charge in [0.25, 0.3) is 0 Å². The van der Waals surface area contributed by atoms with E-state index in [0.29, 0.717) is 18.1 Å². The van der Waals surface area contributed by atoms with Crippen molar-refractivity contribution < 1.29 is 4.39 Å².